The molecule has 138 valence electrons. The molecular formula is C17H25N3O4S. The summed E-state index contributed by atoms with van der Waals surface area (Å²) in [5, 5.41) is 0. The van der Waals surface area contributed by atoms with Gasteiger partial charge in [0.15, 0.2) is 0 Å². The zero-order valence-corrected chi connectivity index (χ0v) is 15.2. The zero-order chi connectivity index (χ0) is 18.4. The van der Waals surface area contributed by atoms with Crippen molar-refractivity contribution in [3.05, 3.63) is 35.4 Å². The minimum Gasteiger partial charge on any atom is -0.329 e. The Morgan fingerprint density at radius 3 is 2.24 bits per heavy atom. The molecule has 25 heavy (non-hydrogen) atoms. The van der Waals surface area contributed by atoms with Gasteiger partial charge in [-0.1, -0.05) is 31.9 Å². The van der Waals surface area contributed by atoms with Gasteiger partial charge >= 0.3 is 0 Å². The Kier molecular flexibility index (Phi) is 6.69. The Morgan fingerprint density at radius 1 is 1.12 bits per heavy atom. The molecule has 0 spiro atoms. The molecule has 1 aliphatic rings. The molecule has 2 amide bonds. The van der Waals surface area contributed by atoms with Crippen molar-refractivity contribution >= 4 is 21.8 Å². The molecule has 0 bridgehead atoms. The minimum absolute atomic E-state index is 0.0789. The number of benzene rings is 1. The van der Waals surface area contributed by atoms with Crippen LogP contribution in [0.5, 0.6) is 0 Å². The first-order valence-electron chi connectivity index (χ1n) is 8.55. The fraction of sp³-hybridized carbons (Fsp3) is 0.529. The highest BCUT2D eigenvalue weighted by Crippen LogP contribution is 2.22. The third-order valence-corrected chi connectivity index (χ3v) is 5.73. The third kappa shape index (κ3) is 4.87. The van der Waals surface area contributed by atoms with Crippen LogP contribution in [-0.2, 0) is 10.0 Å². The molecule has 0 saturated carbocycles. The van der Waals surface area contributed by atoms with Crippen molar-refractivity contribution in [1.82, 2.24) is 9.62 Å². The molecule has 1 aromatic rings. The second-order valence-corrected chi connectivity index (χ2v) is 8.05. The van der Waals surface area contributed by atoms with Crippen LogP contribution >= 0.6 is 0 Å². The summed E-state index contributed by atoms with van der Waals surface area (Å²) >= 11 is 0. The fourth-order valence-corrected chi connectivity index (χ4v) is 4.19. The molecule has 1 unspecified atom stereocenters. The summed E-state index contributed by atoms with van der Waals surface area (Å²) in [6.07, 6.45) is 2.76. The molecule has 1 heterocycles. The SMILES string of the molecule is CCCCC(CN)NS(=O)(=O)CCCN1C(=O)c2ccccc2C1=O. The first-order chi connectivity index (χ1) is 11.9. The molecule has 1 aromatic carbocycles. The summed E-state index contributed by atoms with van der Waals surface area (Å²) in [6, 6.07) is 6.33. The molecule has 1 atom stereocenters. The summed E-state index contributed by atoms with van der Waals surface area (Å²) in [5.74, 6) is -0.884. The Hall–Kier alpha value is -1.77. The van der Waals surface area contributed by atoms with Crippen LogP contribution in [0.4, 0.5) is 0 Å². The summed E-state index contributed by atoms with van der Waals surface area (Å²) < 4.78 is 26.9. The van der Waals surface area contributed by atoms with Gasteiger partial charge in [0.05, 0.1) is 16.9 Å². The zero-order valence-electron chi connectivity index (χ0n) is 14.4. The first kappa shape index (κ1) is 19.6. The average molecular weight is 367 g/mol. The van der Waals surface area contributed by atoms with Crippen LogP contribution in [0.3, 0.4) is 0 Å². The van der Waals surface area contributed by atoms with Gasteiger partial charge in [-0.2, -0.15) is 0 Å². The molecule has 0 aliphatic carbocycles. The molecule has 0 aromatic heterocycles. The van der Waals surface area contributed by atoms with Gasteiger partial charge in [0.2, 0.25) is 10.0 Å². The van der Waals surface area contributed by atoms with Crippen LogP contribution in [0, 0.1) is 0 Å². The highest BCUT2D eigenvalue weighted by Gasteiger charge is 2.34. The molecule has 0 radical (unpaired) electrons. The molecule has 2 rings (SSSR count). The molecule has 0 fully saturated rings. The van der Waals surface area contributed by atoms with Gasteiger partial charge in [-0.3, -0.25) is 14.5 Å². The van der Waals surface area contributed by atoms with E-state index in [9.17, 15) is 18.0 Å². The predicted octanol–water partition coefficient (Wildman–Crippen LogP) is 1.11. The highest BCUT2D eigenvalue weighted by molar-refractivity contribution is 7.89. The van der Waals surface area contributed by atoms with Gasteiger partial charge < -0.3 is 5.73 Å². The van der Waals surface area contributed by atoms with Crippen LogP contribution in [-0.4, -0.2) is 50.0 Å². The van der Waals surface area contributed by atoms with Crippen molar-refractivity contribution in [3.8, 4) is 0 Å². The van der Waals surface area contributed by atoms with E-state index in [4.69, 9.17) is 5.73 Å². The maximum absolute atomic E-state index is 12.2. The van der Waals surface area contributed by atoms with Crippen molar-refractivity contribution < 1.29 is 18.0 Å². The smallest absolute Gasteiger partial charge is 0.261 e. The Bertz CT molecular complexity index is 698. The lowest BCUT2D eigenvalue weighted by Gasteiger charge is -2.17. The molecule has 1 aliphatic heterocycles. The van der Waals surface area contributed by atoms with Crippen LogP contribution < -0.4 is 10.5 Å². The minimum atomic E-state index is -3.50. The second-order valence-electron chi connectivity index (χ2n) is 6.17. The monoisotopic (exact) mass is 367 g/mol. The number of amides is 2. The quantitative estimate of drug-likeness (QED) is 0.602. The predicted molar refractivity (Wildman–Crippen MR) is 95.7 cm³/mol. The van der Waals surface area contributed by atoms with E-state index in [1.54, 1.807) is 24.3 Å². The number of unbranched alkanes of at least 4 members (excludes halogenated alkanes) is 1. The van der Waals surface area contributed by atoms with Crippen molar-refractivity contribution in [2.24, 2.45) is 5.73 Å². The Balaban J connectivity index is 1.88. The van der Waals surface area contributed by atoms with Gasteiger partial charge in [-0.15, -0.1) is 0 Å². The van der Waals surface area contributed by atoms with Crippen LogP contribution in [0.1, 0.15) is 53.3 Å². The Labute approximate surface area is 148 Å². The third-order valence-electron chi connectivity index (χ3n) is 4.21. The number of imide groups is 1. The van der Waals surface area contributed by atoms with E-state index in [1.165, 1.54) is 0 Å². The number of hydrogen-bond donors (Lipinski definition) is 2. The number of rotatable bonds is 10. The maximum atomic E-state index is 12.2. The van der Waals surface area contributed by atoms with Gasteiger partial charge in [-0.05, 0) is 25.0 Å². The molecule has 8 heteroatoms. The van der Waals surface area contributed by atoms with Crippen LogP contribution in [0.15, 0.2) is 24.3 Å². The number of nitrogens with zero attached hydrogens (tertiary/aromatic N) is 1. The summed E-state index contributed by atoms with van der Waals surface area (Å²) in [7, 11) is -3.50. The molecule has 0 saturated heterocycles. The number of hydrogen-bond acceptors (Lipinski definition) is 5. The van der Waals surface area contributed by atoms with Gasteiger partial charge in [0.1, 0.15) is 0 Å². The maximum Gasteiger partial charge on any atom is 0.261 e. The number of sulfonamides is 1. The van der Waals surface area contributed by atoms with E-state index in [2.05, 4.69) is 4.72 Å². The fourth-order valence-electron chi connectivity index (χ4n) is 2.84. The largest absolute Gasteiger partial charge is 0.329 e. The van der Waals surface area contributed by atoms with Gasteiger partial charge in [0.25, 0.3) is 11.8 Å². The first-order valence-corrected chi connectivity index (χ1v) is 10.2. The van der Waals surface area contributed by atoms with E-state index in [-0.39, 0.29) is 43.1 Å². The van der Waals surface area contributed by atoms with E-state index in [1.807, 2.05) is 6.92 Å². The highest BCUT2D eigenvalue weighted by atomic mass is 32.2. The summed E-state index contributed by atoms with van der Waals surface area (Å²) in [4.78, 5) is 25.6. The van der Waals surface area contributed by atoms with Gasteiger partial charge in [0, 0.05) is 19.1 Å². The topological polar surface area (TPSA) is 110 Å². The molecule has 7 nitrogen and oxygen atoms in total. The lowest BCUT2D eigenvalue weighted by molar-refractivity contribution is 0.0654. The molecule has 3 N–H and O–H groups in total. The van der Waals surface area contributed by atoms with E-state index < -0.39 is 10.0 Å². The second kappa shape index (κ2) is 8.55. The summed E-state index contributed by atoms with van der Waals surface area (Å²) in [5.41, 5.74) is 6.35. The van der Waals surface area contributed by atoms with E-state index in [0.717, 1.165) is 17.7 Å². The van der Waals surface area contributed by atoms with E-state index >= 15 is 0 Å². The van der Waals surface area contributed by atoms with Crippen molar-refractivity contribution in [2.45, 2.75) is 38.6 Å². The normalized spacial score (nSPS) is 15.5. The lowest BCUT2D eigenvalue weighted by Crippen LogP contribution is -2.42. The van der Waals surface area contributed by atoms with Crippen LogP contribution in [0.25, 0.3) is 0 Å². The van der Waals surface area contributed by atoms with Crippen molar-refractivity contribution in [2.75, 3.05) is 18.8 Å². The van der Waals surface area contributed by atoms with Gasteiger partial charge in [-0.25, -0.2) is 13.1 Å². The van der Waals surface area contributed by atoms with E-state index in [0.29, 0.717) is 17.5 Å². The number of fused-ring (bicyclic) bond motifs is 1. The number of nitrogens with two attached hydrogens (primary N) is 1. The average Bonchev–Trinajstić information content (AvgIpc) is 2.83. The number of carbonyl (C=O) groups excluding carboxylic acids is 2. The Morgan fingerprint density at radius 2 is 1.72 bits per heavy atom. The van der Waals surface area contributed by atoms with Crippen LogP contribution in [0.2, 0.25) is 0 Å². The standard InChI is InChI=1S/C17H25N3O4S/c1-2-3-7-13(12-18)19-25(23,24)11-6-10-20-16(21)14-8-4-5-9-15(14)17(20)22/h4-5,8-9,13,19H,2-3,6-7,10-12,18H2,1H3. The lowest BCUT2D eigenvalue weighted by atomic mass is 10.1. The molecular weight excluding hydrogens is 342 g/mol. The van der Waals surface area contributed by atoms with Crippen molar-refractivity contribution in [1.29, 1.82) is 0 Å². The number of carbonyl (C=O) groups is 2. The summed E-state index contributed by atoms with van der Waals surface area (Å²) in [6.45, 7) is 2.36. The van der Waals surface area contributed by atoms with Crippen molar-refractivity contribution in [3.63, 3.8) is 0 Å². The number of nitrogens with one attached hydrogen (secondary N) is 1.